The minimum atomic E-state index is -4.32. The van der Waals surface area contributed by atoms with Crippen molar-refractivity contribution in [1.29, 1.82) is 0 Å². The van der Waals surface area contributed by atoms with E-state index in [1.54, 1.807) is 25.1 Å². The van der Waals surface area contributed by atoms with Crippen LogP contribution in [0.3, 0.4) is 0 Å². The van der Waals surface area contributed by atoms with Crippen LogP contribution in [0.25, 0.3) is 0 Å². The van der Waals surface area contributed by atoms with Crippen molar-refractivity contribution in [3.8, 4) is 11.5 Å². The highest BCUT2D eigenvalue weighted by Gasteiger charge is 2.31. The molecule has 0 amide bonds. The Bertz CT molecular complexity index is 889. The van der Waals surface area contributed by atoms with Gasteiger partial charge in [0.15, 0.2) is 0 Å². The molecule has 2 heterocycles. The molecule has 0 unspecified atom stereocenters. The summed E-state index contributed by atoms with van der Waals surface area (Å²) in [5.41, 5.74) is -0.0758. The summed E-state index contributed by atoms with van der Waals surface area (Å²) in [6.07, 6.45) is -0.221. The first kappa shape index (κ1) is 26.3. The molecule has 4 nitrogen and oxygen atoms in total. The third-order valence-electron chi connectivity index (χ3n) is 6.13. The first-order valence-electron chi connectivity index (χ1n) is 11.7. The Kier molecular flexibility index (Phi) is 9.19. The van der Waals surface area contributed by atoms with Gasteiger partial charge in [-0.1, -0.05) is 0 Å². The van der Waals surface area contributed by atoms with E-state index in [9.17, 15) is 17.6 Å². The van der Waals surface area contributed by atoms with Crippen molar-refractivity contribution in [3.05, 3.63) is 59.4 Å². The molecule has 4 rings (SSSR count). The SMILES string of the molecule is CN1CCC(Oc2ccc(F)cc2)CC1.Cc1cc(OC2CCN(C)CC2)cc(C(F)(F)F)c1. The Morgan fingerprint density at radius 1 is 0.735 bits per heavy atom. The molecule has 0 bridgehead atoms. The number of piperidine rings is 2. The summed E-state index contributed by atoms with van der Waals surface area (Å²) in [6, 6.07) is 10.1. The standard InChI is InChI=1S/C14H18F3NO.C12H16FNO/c1-10-7-11(14(15,16)17)9-13(8-10)19-12-3-5-18(2)6-4-12;1-14-8-6-12(7-9-14)15-11-4-2-10(13)3-5-11/h7-9,12H,3-6H2,1-2H3;2-5,12H,6-9H2,1H3. The molecule has 2 aliphatic rings. The lowest BCUT2D eigenvalue weighted by Gasteiger charge is -2.29. The van der Waals surface area contributed by atoms with E-state index in [4.69, 9.17) is 9.47 Å². The highest BCUT2D eigenvalue weighted by molar-refractivity contribution is 5.35. The van der Waals surface area contributed by atoms with Crippen LogP contribution in [0, 0.1) is 12.7 Å². The van der Waals surface area contributed by atoms with Crippen molar-refractivity contribution in [2.45, 2.75) is 51.0 Å². The van der Waals surface area contributed by atoms with Crippen LogP contribution in [0.15, 0.2) is 42.5 Å². The lowest BCUT2D eigenvalue weighted by molar-refractivity contribution is -0.137. The third kappa shape index (κ3) is 8.47. The summed E-state index contributed by atoms with van der Waals surface area (Å²) < 4.78 is 62.3. The van der Waals surface area contributed by atoms with E-state index in [0.29, 0.717) is 11.3 Å². The maximum atomic E-state index is 12.7. The van der Waals surface area contributed by atoms with Gasteiger partial charge in [0.1, 0.15) is 29.5 Å². The third-order valence-corrected chi connectivity index (χ3v) is 6.13. The summed E-state index contributed by atoms with van der Waals surface area (Å²) in [5.74, 6) is 0.874. The van der Waals surface area contributed by atoms with Gasteiger partial charge < -0.3 is 19.3 Å². The maximum Gasteiger partial charge on any atom is 0.416 e. The average molecular weight is 483 g/mol. The molecule has 2 fully saturated rings. The second kappa shape index (κ2) is 11.9. The monoisotopic (exact) mass is 482 g/mol. The van der Waals surface area contributed by atoms with Crippen molar-refractivity contribution >= 4 is 0 Å². The van der Waals surface area contributed by atoms with Crippen LogP contribution < -0.4 is 9.47 Å². The zero-order valence-corrected chi connectivity index (χ0v) is 20.1. The highest BCUT2D eigenvalue weighted by atomic mass is 19.4. The molecule has 0 aromatic heterocycles. The van der Waals surface area contributed by atoms with Gasteiger partial charge in [0.2, 0.25) is 0 Å². The van der Waals surface area contributed by atoms with Crippen LogP contribution in [0.4, 0.5) is 17.6 Å². The Labute approximate surface area is 199 Å². The summed E-state index contributed by atoms with van der Waals surface area (Å²) in [5, 5.41) is 0. The molecule has 188 valence electrons. The number of nitrogens with zero attached hydrogens (tertiary/aromatic N) is 2. The van der Waals surface area contributed by atoms with E-state index in [0.717, 1.165) is 69.7 Å². The summed E-state index contributed by atoms with van der Waals surface area (Å²) >= 11 is 0. The Hall–Kier alpha value is -2.32. The van der Waals surface area contributed by atoms with E-state index >= 15 is 0 Å². The maximum absolute atomic E-state index is 12.7. The van der Waals surface area contributed by atoms with Crippen LogP contribution in [-0.2, 0) is 6.18 Å². The predicted octanol–water partition coefficient (Wildman–Crippen LogP) is 5.79. The molecule has 0 aliphatic carbocycles. The van der Waals surface area contributed by atoms with E-state index in [1.807, 2.05) is 7.05 Å². The predicted molar refractivity (Wildman–Crippen MR) is 125 cm³/mol. The molecule has 2 saturated heterocycles. The van der Waals surface area contributed by atoms with Crippen LogP contribution in [0.2, 0.25) is 0 Å². The van der Waals surface area contributed by atoms with Gasteiger partial charge in [0, 0.05) is 26.2 Å². The van der Waals surface area contributed by atoms with Crippen molar-refractivity contribution in [2.75, 3.05) is 40.3 Å². The van der Waals surface area contributed by atoms with Gasteiger partial charge in [0.25, 0.3) is 0 Å². The number of aryl methyl sites for hydroxylation is 1. The Balaban J connectivity index is 0.000000196. The fourth-order valence-electron chi connectivity index (χ4n) is 4.08. The molecule has 0 atom stereocenters. The highest BCUT2D eigenvalue weighted by Crippen LogP contribution is 2.33. The number of ether oxygens (including phenoxy) is 2. The lowest BCUT2D eigenvalue weighted by atomic mass is 10.1. The van der Waals surface area contributed by atoms with Crippen molar-refractivity contribution in [2.24, 2.45) is 0 Å². The van der Waals surface area contributed by atoms with Gasteiger partial charge in [-0.15, -0.1) is 0 Å². The van der Waals surface area contributed by atoms with Crippen molar-refractivity contribution in [1.82, 2.24) is 9.80 Å². The van der Waals surface area contributed by atoms with Crippen LogP contribution in [0.1, 0.15) is 36.8 Å². The average Bonchev–Trinajstić information content (AvgIpc) is 2.78. The molecule has 2 aromatic carbocycles. The minimum Gasteiger partial charge on any atom is -0.490 e. The van der Waals surface area contributed by atoms with Gasteiger partial charge in [0.05, 0.1) is 5.56 Å². The van der Waals surface area contributed by atoms with Gasteiger partial charge in [-0.25, -0.2) is 4.39 Å². The number of halogens is 4. The summed E-state index contributed by atoms with van der Waals surface area (Å²) in [7, 11) is 4.15. The Morgan fingerprint density at radius 3 is 1.68 bits per heavy atom. The number of alkyl halides is 3. The second-order valence-corrected chi connectivity index (χ2v) is 9.23. The number of hydrogen-bond donors (Lipinski definition) is 0. The molecule has 34 heavy (non-hydrogen) atoms. The molecule has 2 aliphatic heterocycles. The second-order valence-electron chi connectivity index (χ2n) is 9.23. The van der Waals surface area contributed by atoms with E-state index in [-0.39, 0.29) is 18.0 Å². The molecular formula is C26H34F4N2O2. The van der Waals surface area contributed by atoms with Crippen LogP contribution >= 0.6 is 0 Å². The smallest absolute Gasteiger partial charge is 0.416 e. The largest absolute Gasteiger partial charge is 0.490 e. The van der Waals surface area contributed by atoms with E-state index in [2.05, 4.69) is 16.8 Å². The number of benzene rings is 2. The first-order chi connectivity index (χ1) is 16.1. The number of hydrogen-bond acceptors (Lipinski definition) is 4. The fourth-order valence-corrected chi connectivity index (χ4v) is 4.08. The Morgan fingerprint density at radius 2 is 1.21 bits per heavy atom. The van der Waals surface area contributed by atoms with Crippen LogP contribution in [0.5, 0.6) is 11.5 Å². The molecule has 0 saturated carbocycles. The molecule has 8 heteroatoms. The number of rotatable bonds is 4. The minimum absolute atomic E-state index is 0.0130. The molecule has 0 radical (unpaired) electrons. The van der Waals surface area contributed by atoms with Crippen molar-refractivity contribution in [3.63, 3.8) is 0 Å². The normalized spacial score (nSPS) is 18.8. The quantitative estimate of drug-likeness (QED) is 0.516. The molecular weight excluding hydrogens is 448 g/mol. The summed E-state index contributed by atoms with van der Waals surface area (Å²) in [4.78, 5) is 4.49. The zero-order valence-electron chi connectivity index (χ0n) is 20.1. The van der Waals surface area contributed by atoms with Gasteiger partial charge >= 0.3 is 6.18 Å². The molecule has 2 aromatic rings. The number of likely N-dealkylation sites (tertiary alicyclic amines) is 2. The van der Waals surface area contributed by atoms with E-state index in [1.165, 1.54) is 12.1 Å². The first-order valence-corrected chi connectivity index (χ1v) is 11.7. The zero-order chi connectivity index (χ0) is 24.7. The van der Waals surface area contributed by atoms with Gasteiger partial charge in [-0.2, -0.15) is 13.2 Å². The lowest BCUT2D eigenvalue weighted by Crippen LogP contribution is -2.35. The van der Waals surface area contributed by atoms with Gasteiger partial charge in [-0.3, -0.25) is 0 Å². The molecule has 0 spiro atoms. The van der Waals surface area contributed by atoms with E-state index < -0.39 is 11.7 Å². The van der Waals surface area contributed by atoms with Crippen LogP contribution in [-0.4, -0.2) is 62.3 Å². The molecule has 0 N–H and O–H groups in total. The summed E-state index contributed by atoms with van der Waals surface area (Å²) in [6.45, 7) is 5.64. The topological polar surface area (TPSA) is 24.9 Å². The fraction of sp³-hybridized carbons (Fsp3) is 0.538. The van der Waals surface area contributed by atoms with Gasteiger partial charge in [-0.05, 0) is 94.7 Å². The van der Waals surface area contributed by atoms with Crippen molar-refractivity contribution < 1.29 is 27.0 Å².